The molecule has 1 aliphatic carbocycles. The molecule has 1 heterocycles. The van der Waals surface area contributed by atoms with Gasteiger partial charge in [-0.05, 0) is 47.9 Å². The van der Waals surface area contributed by atoms with Crippen molar-refractivity contribution >= 4 is 11.3 Å². The van der Waals surface area contributed by atoms with Crippen LogP contribution in [0.1, 0.15) is 24.0 Å². The fraction of sp³-hybridized carbons (Fsp3) is 0.333. The zero-order chi connectivity index (χ0) is 11.7. The van der Waals surface area contributed by atoms with Crippen LogP contribution in [0.3, 0.4) is 0 Å². The van der Waals surface area contributed by atoms with Crippen LogP contribution < -0.4 is 5.32 Å². The fourth-order valence-corrected chi connectivity index (χ4v) is 3.01. The highest BCUT2D eigenvalue weighted by atomic mass is 32.1. The minimum atomic E-state index is 0.789. The summed E-state index contributed by atoms with van der Waals surface area (Å²) in [6.07, 6.45) is 2.71. The Labute approximate surface area is 106 Å². The van der Waals surface area contributed by atoms with E-state index in [9.17, 15) is 0 Å². The van der Waals surface area contributed by atoms with Crippen molar-refractivity contribution in [2.75, 3.05) is 0 Å². The molecule has 0 bridgehead atoms. The van der Waals surface area contributed by atoms with E-state index in [1.165, 1.54) is 34.4 Å². The van der Waals surface area contributed by atoms with Gasteiger partial charge < -0.3 is 5.32 Å². The molecule has 0 atom stereocenters. The van der Waals surface area contributed by atoms with E-state index in [2.05, 4.69) is 48.0 Å². The molecule has 0 saturated heterocycles. The molecule has 1 N–H and O–H groups in total. The third kappa shape index (κ3) is 2.59. The van der Waals surface area contributed by atoms with Gasteiger partial charge in [0.25, 0.3) is 0 Å². The van der Waals surface area contributed by atoms with E-state index >= 15 is 0 Å². The maximum absolute atomic E-state index is 3.56. The lowest BCUT2D eigenvalue weighted by molar-refractivity contribution is 0.689. The van der Waals surface area contributed by atoms with Gasteiger partial charge in [-0.2, -0.15) is 0 Å². The zero-order valence-electron chi connectivity index (χ0n) is 10.1. The molecule has 1 aliphatic rings. The second kappa shape index (κ2) is 4.63. The average Bonchev–Trinajstić information content (AvgIpc) is 3.06. The zero-order valence-corrected chi connectivity index (χ0v) is 10.9. The van der Waals surface area contributed by atoms with Gasteiger partial charge in [-0.1, -0.05) is 24.3 Å². The second-order valence-corrected chi connectivity index (χ2v) is 5.70. The van der Waals surface area contributed by atoms with Gasteiger partial charge >= 0.3 is 0 Å². The van der Waals surface area contributed by atoms with E-state index in [-0.39, 0.29) is 0 Å². The third-order valence-electron chi connectivity index (χ3n) is 3.24. The fourth-order valence-electron chi connectivity index (χ4n) is 2.01. The summed E-state index contributed by atoms with van der Waals surface area (Å²) in [6.45, 7) is 3.20. The second-order valence-electron chi connectivity index (χ2n) is 4.79. The van der Waals surface area contributed by atoms with Gasteiger partial charge in [0.1, 0.15) is 0 Å². The van der Waals surface area contributed by atoms with Crippen LogP contribution in [0.5, 0.6) is 0 Å². The third-order valence-corrected chi connectivity index (χ3v) is 4.25. The molecule has 88 valence electrons. The molecule has 0 aliphatic heterocycles. The SMILES string of the molecule is Cc1ccccc1-c1cc(CNC2CC2)cs1. The van der Waals surface area contributed by atoms with Crippen molar-refractivity contribution in [3.8, 4) is 10.4 Å². The van der Waals surface area contributed by atoms with Gasteiger partial charge in [0.05, 0.1) is 0 Å². The molecule has 0 spiro atoms. The van der Waals surface area contributed by atoms with Crippen LogP contribution in [-0.4, -0.2) is 6.04 Å². The molecule has 1 aromatic carbocycles. The van der Waals surface area contributed by atoms with Crippen LogP contribution in [0, 0.1) is 6.92 Å². The summed E-state index contributed by atoms with van der Waals surface area (Å²) in [5.41, 5.74) is 4.14. The Morgan fingerprint density at radius 1 is 1.29 bits per heavy atom. The quantitative estimate of drug-likeness (QED) is 0.856. The maximum Gasteiger partial charge on any atom is 0.0348 e. The molecular formula is C15H17NS. The number of aryl methyl sites for hydroxylation is 1. The van der Waals surface area contributed by atoms with Crippen LogP contribution in [-0.2, 0) is 6.54 Å². The van der Waals surface area contributed by atoms with Crippen LogP contribution in [0.4, 0.5) is 0 Å². The van der Waals surface area contributed by atoms with Crippen molar-refractivity contribution in [1.29, 1.82) is 0 Å². The first-order valence-corrected chi connectivity index (χ1v) is 7.08. The van der Waals surface area contributed by atoms with Crippen molar-refractivity contribution in [2.45, 2.75) is 32.4 Å². The standard InChI is InChI=1S/C15H17NS/c1-11-4-2-3-5-14(11)15-8-12(10-17-15)9-16-13-6-7-13/h2-5,8,10,13,16H,6-7,9H2,1H3. The first kappa shape index (κ1) is 11.0. The lowest BCUT2D eigenvalue weighted by Gasteiger charge is -2.01. The van der Waals surface area contributed by atoms with Crippen LogP contribution in [0.15, 0.2) is 35.7 Å². The Hall–Kier alpha value is -1.12. The molecule has 0 amide bonds. The lowest BCUT2D eigenvalue weighted by Crippen LogP contribution is -2.14. The number of rotatable bonds is 4. The summed E-state index contributed by atoms with van der Waals surface area (Å²) < 4.78 is 0. The molecule has 2 aromatic rings. The predicted octanol–water partition coefficient (Wildman–Crippen LogP) is 3.98. The van der Waals surface area contributed by atoms with E-state index in [1.54, 1.807) is 0 Å². The highest BCUT2D eigenvalue weighted by Crippen LogP contribution is 2.30. The van der Waals surface area contributed by atoms with E-state index in [0.717, 1.165) is 12.6 Å². The minimum absolute atomic E-state index is 0.789. The Morgan fingerprint density at radius 2 is 2.12 bits per heavy atom. The van der Waals surface area contributed by atoms with Crippen LogP contribution >= 0.6 is 11.3 Å². The molecular weight excluding hydrogens is 226 g/mol. The maximum atomic E-state index is 3.56. The highest BCUT2D eigenvalue weighted by Gasteiger charge is 2.20. The largest absolute Gasteiger partial charge is 0.310 e. The monoisotopic (exact) mass is 243 g/mol. The molecule has 0 radical (unpaired) electrons. The first-order valence-electron chi connectivity index (χ1n) is 6.20. The van der Waals surface area contributed by atoms with Crippen LogP contribution in [0.25, 0.3) is 10.4 Å². The molecule has 17 heavy (non-hydrogen) atoms. The highest BCUT2D eigenvalue weighted by molar-refractivity contribution is 7.13. The summed E-state index contributed by atoms with van der Waals surface area (Å²) in [7, 11) is 0. The molecule has 1 saturated carbocycles. The van der Waals surface area contributed by atoms with Gasteiger partial charge in [0, 0.05) is 17.5 Å². The van der Waals surface area contributed by atoms with Crippen molar-refractivity contribution in [1.82, 2.24) is 5.32 Å². The summed E-state index contributed by atoms with van der Waals surface area (Å²) in [5, 5.41) is 5.83. The molecule has 1 nitrogen and oxygen atoms in total. The van der Waals surface area contributed by atoms with E-state index in [1.807, 2.05) is 11.3 Å². The Kier molecular flexibility index (Phi) is 3.00. The van der Waals surface area contributed by atoms with Gasteiger partial charge in [0.15, 0.2) is 0 Å². The first-order chi connectivity index (χ1) is 8.33. The normalized spacial score (nSPS) is 15.1. The Balaban J connectivity index is 1.77. The molecule has 1 fully saturated rings. The van der Waals surface area contributed by atoms with Crippen LogP contribution in [0.2, 0.25) is 0 Å². The average molecular weight is 243 g/mol. The summed E-state index contributed by atoms with van der Waals surface area (Å²) >= 11 is 1.85. The number of hydrogen-bond acceptors (Lipinski definition) is 2. The van der Waals surface area contributed by atoms with Gasteiger partial charge in [-0.15, -0.1) is 11.3 Å². The van der Waals surface area contributed by atoms with E-state index < -0.39 is 0 Å². The van der Waals surface area contributed by atoms with Gasteiger partial charge in [-0.25, -0.2) is 0 Å². The van der Waals surface area contributed by atoms with Crippen molar-refractivity contribution < 1.29 is 0 Å². The lowest BCUT2D eigenvalue weighted by atomic mass is 10.1. The molecule has 2 heteroatoms. The molecule has 1 aromatic heterocycles. The molecule has 3 rings (SSSR count). The summed E-state index contributed by atoms with van der Waals surface area (Å²) in [5.74, 6) is 0. The smallest absolute Gasteiger partial charge is 0.0348 e. The van der Waals surface area contributed by atoms with E-state index in [4.69, 9.17) is 0 Å². The Morgan fingerprint density at radius 3 is 2.88 bits per heavy atom. The summed E-state index contributed by atoms with van der Waals surface area (Å²) in [6, 6.07) is 11.7. The molecule has 0 unspecified atom stereocenters. The van der Waals surface area contributed by atoms with E-state index in [0.29, 0.717) is 0 Å². The van der Waals surface area contributed by atoms with Crippen molar-refractivity contribution in [3.05, 3.63) is 46.8 Å². The van der Waals surface area contributed by atoms with Gasteiger partial charge in [0.2, 0.25) is 0 Å². The predicted molar refractivity (Wildman–Crippen MR) is 74.4 cm³/mol. The van der Waals surface area contributed by atoms with Crippen molar-refractivity contribution in [3.63, 3.8) is 0 Å². The number of nitrogens with one attached hydrogen (secondary N) is 1. The van der Waals surface area contributed by atoms with Crippen molar-refractivity contribution in [2.24, 2.45) is 0 Å². The Bertz CT molecular complexity index is 511. The minimum Gasteiger partial charge on any atom is -0.310 e. The van der Waals surface area contributed by atoms with Gasteiger partial charge in [-0.3, -0.25) is 0 Å². The number of hydrogen-bond donors (Lipinski definition) is 1. The summed E-state index contributed by atoms with van der Waals surface area (Å²) in [4.78, 5) is 1.38. The topological polar surface area (TPSA) is 12.0 Å². The number of benzene rings is 1. The number of thiophene rings is 1.